The zero-order valence-electron chi connectivity index (χ0n) is 16.9. The van der Waals surface area contributed by atoms with Crippen LogP contribution in [0, 0.1) is 10.1 Å². The van der Waals surface area contributed by atoms with Crippen molar-refractivity contribution in [1.29, 1.82) is 0 Å². The van der Waals surface area contributed by atoms with Crippen molar-refractivity contribution in [3.63, 3.8) is 0 Å². The summed E-state index contributed by atoms with van der Waals surface area (Å²) >= 11 is 0. The van der Waals surface area contributed by atoms with E-state index < -0.39 is 16.6 Å². The van der Waals surface area contributed by atoms with Gasteiger partial charge in [0.15, 0.2) is 0 Å². The van der Waals surface area contributed by atoms with Crippen molar-refractivity contribution in [3.05, 3.63) is 33.9 Å². The Morgan fingerprint density at radius 2 is 2.07 bits per heavy atom. The molecular formula is C20H27N3O6. The highest BCUT2D eigenvalue weighted by Crippen LogP contribution is 2.35. The van der Waals surface area contributed by atoms with Gasteiger partial charge in [-0.15, -0.1) is 0 Å². The lowest BCUT2D eigenvalue weighted by molar-refractivity contribution is -0.384. The number of nitro benzene ring substituents is 1. The Labute approximate surface area is 169 Å². The summed E-state index contributed by atoms with van der Waals surface area (Å²) in [5.41, 5.74) is -0.100. The molecule has 2 amide bonds. The van der Waals surface area contributed by atoms with Crippen molar-refractivity contribution in [2.75, 3.05) is 26.7 Å². The molecule has 0 saturated carbocycles. The number of rotatable bonds is 7. The summed E-state index contributed by atoms with van der Waals surface area (Å²) < 4.78 is 11.0. The van der Waals surface area contributed by atoms with Gasteiger partial charge in [-0.25, -0.2) is 4.79 Å². The van der Waals surface area contributed by atoms with Gasteiger partial charge in [0.25, 0.3) is 5.69 Å². The van der Waals surface area contributed by atoms with E-state index in [0.29, 0.717) is 50.2 Å². The lowest BCUT2D eigenvalue weighted by Crippen LogP contribution is -2.48. The second-order valence-corrected chi connectivity index (χ2v) is 7.64. The molecule has 0 aliphatic carbocycles. The van der Waals surface area contributed by atoms with E-state index in [4.69, 9.17) is 9.47 Å². The molecule has 2 aliphatic rings. The highest BCUT2D eigenvalue weighted by atomic mass is 16.6. The van der Waals surface area contributed by atoms with Gasteiger partial charge < -0.3 is 14.4 Å². The zero-order chi connectivity index (χ0) is 21.0. The van der Waals surface area contributed by atoms with E-state index in [1.807, 2.05) is 4.90 Å². The fourth-order valence-corrected chi connectivity index (χ4v) is 3.93. The molecule has 0 aromatic heterocycles. The van der Waals surface area contributed by atoms with Crippen LogP contribution in [0.2, 0.25) is 0 Å². The van der Waals surface area contributed by atoms with E-state index in [9.17, 15) is 19.7 Å². The molecule has 29 heavy (non-hydrogen) atoms. The van der Waals surface area contributed by atoms with Crippen molar-refractivity contribution in [2.24, 2.45) is 0 Å². The van der Waals surface area contributed by atoms with Gasteiger partial charge in [0.1, 0.15) is 11.4 Å². The number of hydrogen-bond donors (Lipinski definition) is 0. The normalized spacial score (nSPS) is 18.1. The van der Waals surface area contributed by atoms with Gasteiger partial charge in [0.2, 0.25) is 5.91 Å². The van der Waals surface area contributed by atoms with Crippen LogP contribution in [0.1, 0.15) is 44.6 Å². The minimum atomic E-state index is -0.605. The second-order valence-electron chi connectivity index (χ2n) is 7.64. The predicted octanol–water partition coefficient (Wildman–Crippen LogP) is 3.11. The maximum Gasteiger partial charge on any atom is 0.410 e. The van der Waals surface area contributed by atoms with Crippen LogP contribution in [0.3, 0.4) is 0 Å². The molecule has 0 radical (unpaired) electrons. The number of amides is 2. The van der Waals surface area contributed by atoms with Gasteiger partial charge in [-0.1, -0.05) is 13.3 Å². The first-order chi connectivity index (χ1) is 13.9. The maximum atomic E-state index is 12.5. The average molecular weight is 405 g/mol. The number of carbonyl (C=O) groups is 2. The highest BCUT2D eigenvalue weighted by molar-refractivity contribution is 5.76. The number of nitro groups is 1. The quantitative estimate of drug-likeness (QED) is 0.510. The Balaban J connectivity index is 1.65. The van der Waals surface area contributed by atoms with Crippen LogP contribution in [0.4, 0.5) is 10.5 Å². The minimum absolute atomic E-state index is 0.0537. The molecule has 2 heterocycles. The van der Waals surface area contributed by atoms with Crippen molar-refractivity contribution in [1.82, 2.24) is 9.80 Å². The molecule has 0 bridgehead atoms. The molecule has 0 atom stereocenters. The Morgan fingerprint density at radius 3 is 2.69 bits per heavy atom. The first kappa shape index (κ1) is 20.9. The number of piperidine rings is 1. The topological polar surface area (TPSA) is 102 Å². The smallest absolute Gasteiger partial charge is 0.410 e. The van der Waals surface area contributed by atoms with Gasteiger partial charge in [-0.05, 0) is 12.5 Å². The van der Waals surface area contributed by atoms with Gasteiger partial charge in [-0.3, -0.25) is 19.8 Å². The average Bonchev–Trinajstić information content (AvgIpc) is 3.01. The van der Waals surface area contributed by atoms with Crippen molar-refractivity contribution >= 4 is 17.7 Å². The fourth-order valence-electron chi connectivity index (χ4n) is 3.93. The van der Waals surface area contributed by atoms with Crippen LogP contribution < -0.4 is 4.74 Å². The Bertz CT molecular complexity index is 788. The van der Waals surface area contributed by atoms with Crippen LogP contribution in [0.5, 0.6) is 5.75 Å². The number of carbonyl (C=O) groups excluding carboxylic acids is 2. The van der Waals surface area contributed by atoms with Crippen molar-refractivity contribution < 1.29 is 24.0 Å². The molecule has 2 fully saturated rings. The van der Waals surface area contributed by atoms with Gasteiger partial charge >= 0.3 is 6.09 Å². The number of nitrogens with zero attached hydrogens (tertiary/aromatic N) is 3. The number of likely N-dealkylation sites (tertiary alicyclic amines) is 1. The monoisotopic (exact) mass is 405 g/mol. The van der Waals surface area contributed by atoms with E-state index in [1.165, 1.54) is 25.3 Å². The van der Waals surface area contributed by atoms with Gasteiger partial charge in [-0.2, -0.15) is 0 Å². The van der Waals surface area contributed by atoms with Crippen LogP contribution in [0.15, 0.2) is 18.2 Å². The summed E-state index contributed by atoms with van der Waals surface area (Å²) in [5.74, 6) is 0.643. The first-order valence-corrected chi connectivity index (χ1v) is 9.94. The van der Waals surface area contributed by atoms with E-state index in [1.54, 1.807) is 4.90 Å². The standard InChI is InChI=1S/C20H27N3O6/c1-3-4-5-18(24)21-10-8-20(9-11-21)14-22(19(25)29-20)13-15-12-16(23(26)27)6-7-17(15)28-2/h6-7,12H,3-5,8-11,13-14H2,1-2H3. The van der Waals surface area contributed by atoms with Crippen molar-refractivity contribution in [3.8, 4) is 5.75 Å². The molecule has 1 aromatic carbocycles. The largest absolute Gasteiger partial charge is 0.496 e. The third-order valence-electron chi connectivity index (χ3n) is 5.65. The van der Waals surface area contributed by atoms with Crippen LogP contribution in [-0.2, 0) is 16.1 Å². The molecule has 158 valence electrons. The van der Waals surface area contributed by atoms with E-state index in [0.717, 1.165) is 12.8 Å². The third-order valence-corrected chi connectivity index (χ3v) is 5.65. The Morgan fingerprint density at radius 1 is 1.34 bits per heavy atom. The number of benzene rings is 1. The minimum Gasteiger partial charge on any atom is -0.496 e. The summed E-state index contributed by atoms with van der Waals surface area (Å²) in [6, 6.07) is 4.33. The molecule has 2 saturated heterocycles. The number of non-ortho nitro benzene ring substituents is 1. The molecule has 9 heteroatoms. The maximum absolute atomic E-state index is 12.5. The lowest BCUT2D eigenvalue weighted by Gasteiger charge is -2.37. The van der Waals surface area contributed by atoms with Crippen LogP contribution >= 0.6 is 0 Å². The summed E-state index contributed by atoms with van der Waals surface area (Å²) in [4.78, 5) is 38.7. The van der Waals surface area contributed by atoms with E-state index in [-0.39, 0.29) is 18.1 Å². The summed E-state index contributed by atoms with van der Waals surface area (Å²) in [6.45, 7) is 3.77. The number of unbranched alkanes of at least 4 members (excludes halogenated alkanes) is 1. The zero-order valence-corrected chi connectivity index (χ0v) is 16.9. The van der Waals surface area contributed by atoms with Gasteiger partial charge in [0.05, 0.1) is 25.1 Å². The molecule has 1 aromatic rings. The number of hydrogen-bond acceptors (Lipinski definition) is 6. The predicted molar refractivity (Wildman–Crippen MR) is 105 cm³/mol. The second kappa shape index (κ2) is 8.67. The summed E-state index contributed by atoms with van der Waals surface area (Å²) in [5, 5.41) is 11.1. The highest BCUT2D eigenvalue weighted by Gasteiger charge is 2.47. The van der Waals surface area contributed by atoms with Crippen LogP contribution in [0.25, 0.3) is 0 Å². The molecule has 9 nitrogen and oxygen atoms in total. The SMILES string of the molecule is CCCCC(=O)N1CCC2(CC1)CN(Cc1cc([N+](=O)[O-])ccc1OC)C(=O)O2. The van der Waals surface area contributed by atoms with Crippen LogP contribution in [-0.4, -0.2) is 59.1 Å². The Kier molecular flexibility index (Phi) is 6.24. The molecular weight excluding hydrogens is 378 g/mol. The van der Waals surface area contributed by atoms with E-state index in [2.05, 4.69) is 6.92 Å². The van der Waals surface area contributed by atoms with Gasteiger partial charge in [0, 0.05) is 50.0 Å². The molecule has 2 aliphatic heterocycles. The summed E-state index contributed by atoms with van der Waals surface area (Å²) in [6.07, 6.45) is 3.18. The fraction of sp³-hybridized carbons (Fsp3) is 0.600. The first-order valence-electron chi connectivity index (χ1n) is 9.94. The third kappa shape index (κ3) is 4.60. The number of methoxy groups -OCH3 is 1. The lowest BCUT2D eigenvalue weighted by atomic mass is 9.91. The molecule has 1 spiro atoms. The number of ether oxygens (including phenoxy) is 2. The molecule has 0 N–H and O–H groups in total. The Hall–Kier alpha value is -2.84. The summed E-state index contributed by atoms with van der Waals surface area (Å²) in [7, 11) is 1.49. The molecule has 0 unspecified atom stereocenters. The van der Waals surface area contributed by atoms with E-state index >= 15 is 0 Å². The van der Waals surface area contributed by atoms with Crippen molar-refractivity contribution in [2.45, 2.75) is 51.2 Å². The molecule has 3 rings (SSSR count).